The van der Waals surface area contributed by atoms with Crippen LogP contribution in [-0.4, -0.2) is 15.2 Å². The van der Waals surface area contributed by atoms with Gasteiger partial charge in [0.05, 0.1) is 16.4 Å². The monoisotopic (exact) mass is 330 g/mol. The molecule has 0 bridgehead atoms. The van der Waals surface area contributed by atoms with Crippen molar-refractivity contribution in [3.8, 4) is 0 Å². The van der Waals surface area contributed by atoms with Crippen LogP contribution in [0, 0.1) is 11.8 Å². The highest BCUT2D eigenvalue weighted by atomic mass is 35.5. The van der Waals surface area contributed by atoms with Crippen molar-refractivity contribution >= 4 is 23.2 Å². The molecule has 1 heterocycles. The van der Waals surface area contributed by atoms with Gasteiger partial charge in [-0.2, -0.15) is 5.10 Å². The largest absolute Gasteiger partial charge is 0.268 e. The number of hydrogen-bond acceptors (Lipinski definition) is 1. The van der Waals surface area contributed by atoms with Gasteiger partial charge in [-0.25, -0.2) is 0 Å². The fraction of sp³-hybridized carbons (Fsp3) is 0.824. The Morgan fingerprint density at radius 1 is 1.24 bits per heavy atom. The summed E-state index contributed by atoms with van der Waals surface area (Å²) in [6.07, 6.45) is 8.17. The van der Waals surface area contributed by atoms with Crippen LogP contribution in [0.4, 0.5) is 0 Å². The van der Waals surface area contributed by atoms with Crippen LogP contribution >= 0.6 is 23.2 Å². The first-order valence-corrected chi connectivity index (χ1v) is 9.30. The van der Waals surface area contributed by atoms with Gasteiger partial charge in [-0.05, 0) is 50.9 Å². The van der Waals surface area contributed by atoms with E-state index in [0.29, 0.717) is 11.3 Å². The summed E-state index contributed by atoms with van der Waals surface area (Å²) in [5.74, 6) is 1.39. The van der Waals surface area contributed by atoms with E-state index in [4.69, 9.17) is 23.2 Å². The molecule has 1 aliphatic rings. The highest BCUT2D eigenvalue weighted by molar-refractivity contribution is 6.31. The first kappa shape index (κ1) is 17.1. The third kappa shape index (κ3) is 3.96. The van der Waals surface area contributed by atoms with Crippen molar-refractivity contribution in [3.63, 3.8) is 0 Å². The molecule has 4 heteroatoms. The number of halogens is 2. The first-order valence-electron chi connectivity index (χ1n) is 8.48. The SMILES string of the molecule is CCCC1CCC(Cl)C(Cc2c(Cl)c(CC)nn2CC)C1. The van der Waals surface area contributed by atoms with Gasteiger partial charge in [0.25, 0.3) is 0 Å². The van der Waals surface area contributed by atoms with E-state index in [9.17, 15) is 0 Å². The molecule has 1 saturated carbocycles. The minimum atomic E-state index is 0.291. The van der Waals surface area contributed by atoms with Crippen molar-refractivity contribution in [2.75, 3.05) is 0 Å². The summed E-state index contributed by atoms with van der Waals surface area (Å²) in [4.78, 5) is 0. The maximum Gasteiger partial charge on any atom is 0.0849 e. The Labute approximate surface area is 139 Å². The molecule has 0 radical (unpaired) electrons. The van der Waals surface area contributed by atoms with E-state index in [2.05, 4.69) is 30.6 Å². The van der Waals surface area contributed by atoms with Crippen LogP contribution in [-0.2, 0) is 19.4 Å². The van der Waals surface area contributed by atoms with Crippen LogP contribution in [0.1, 0.15) is 64.3 Å². The lowest BCUT2D eigenvalue weighted by Gasteiger charge is -2.33. The zero-order chi connectivity index (χ0) is 15.4. The van der Waals surface area contributed by atoms with Crippen LogP contribution in [0.3, 0.4) is 0 Å². The maximum atomic E-state index is 6.61. The summed E-state index contributed by atoms with van der Waals surface area (Å²) >= 11 is 13.2. The minimum absolute atomic E-state index is 0.291. The lowest BCUT2D eigenvalue weighted by molar-refractivity contribution is 0.254. The Balaban J connectivity index is 2.14. The molecule has 21 heavy (non-hydrogen) atoms. The van der Waals surface area contributed by atoms with E-state index in [1.54, 1.807) is 0 Å². The Morgan fingerprint density at radius 3 is 2.62 bits per heavy atom. The van der Waals surface area contributed by atoms with Crippen LogP contribution in [0.5, 0.6) is 0 Å². The normalized spacial score (nSPS) is 26.2. The topological polar surface area (TPSA) is 17.8 Å². The van der Waals surface area contributed by atoms with Gasteiger partial charge in [0.2, 0.25) is 0 Å². The molecule has 120 valence electrons. The summed E-state index contributed by atoms with van der Waals surface area (Å²) in [6, 6.07) is 0. The Bertz CT molecular complexity index is 456. The summed E-state index contributed by atoms with van der Waals surface area (Å²) < 4.78 is 2.08. The molecule has 0 spiro atoms. The van der Waals surface area contributed by atoms with Crippen molar-refractivity contribution < 1.29 is 0 Å². The number of aromatic nitrogens is 2. The first-order chi connectivity index (χ1) is 10.1. The van der Waals surface area contributed by atoms with Gasteiger partial charge in [0.15, 0.2) is 0 Å². The highest BCUT2D eigenvalue weighted by Crippen LogP contribution is 2.38. The van der Waals surface area contributed by atoms with Crippen LogP contribution < -0.4 is 0 Å². The van der Waals surface area contributed by atoms with E-state index in [-0.39, 0.29) is 0 Å². The van der Waals surface area contributed by atoms with Gasteiger partial charge in [-0.3, -0.25) is 4.68 Å². The number of hydrogen-bond donors (Lipinski definition) is 0. The molecular formula is C17H28Cl2N2. The summed E-state index contributed by atoms with van der Waals surface area (Å²) in [5.41, 5.74) is 2.23. The second kappa shape index (κ2) is 7.87. The third-order valence-electron chi connectivity index (χ3n) is 4.84. The van der Waals surface area contributed by atoms with Crippen LogP contribution in [0.15, 0.2) is 0 Å². The van der Waals surface area contributed by atoms with Crippen LogP contribution in [0.25, 0.3) is 0 Å². The van der Waals surface area contributed by atoms with E-state index >= 15 is 0 Å². The summed E-state index contributed by atoms with van der Waals surface area (Å²) in [5, 5.41) is 5.80. The van der Waals surface area contributed by atoms with Gasteiger partial charge in [-0.1, -0.05) is 38.3 Å². The lowest BCUT2D eigenvalue weighted by atomic mass is 9.77. The average molecular weight is 331 g/mol. The van der Waals surface area contributed by atoms with Gasteiger partial charge >= 0.3 is 0 Å². The molecule has 3 unspecified atom stereocenters. The van der Waals surface area contributed by atoms with E-state index < -0.39 is 0 Å². The zero-order valence-corrected chi connectivity index (χ0v) is 15.1. The molecule has 0 saturated heterocycles. The second-order valence-corrected chi connectivity index (χ2v) is 7.26. The van der Waals surface area contributed by atoms with Crippen molar-refractivity contribution in [2.24, 2.45) is 11.8 Å². The van der Waals surface area contributed by atoms with Gasteiger partial charge in [0.1, 0.15) is 0 Å². The molecular weight excluding hydrogens is 303 g/mol. The van der Waals surface area contributed by atoms with E-state index in [0.717, 1.165) is 42.4 Å². The predicted molar refractivity (Wildman–Crippen MR) is 91.4 cm³/mol. The molecule has 1 aromatic rings. The number of alkyl halides is 1. The molecule has 0 amide bonds. The van der Waals surface area contributed by atoms with Crippen molar-refractivity contribution in [1.82, 2.24) is 9.78 Å². The van der Waals surface area contributed by atoms with Crippen molar-refractivity contribution in [1.29, 1.82) is 0 Å². The summed E-state index contributed by atoms with van der Waals surface area (Å²) in [7, 11) is 0. The minimum Gasteiger partial charge on any atom is -0.268 e. The molecule has 1 aliphatic carbocycles. The third-order valence-corrected chi connectivity index (χ3v) is 5.86. The fourth-order valence-electron chi connectivity index (χ4n) is 3.67. The highest BCUT2D eigenvalue weighted by Gasteiger charge is 2.30. The Hall–Kier alpha value is -0.210. The molecule has 0 N–H and O–H groups in total. The van der Waals surface area contributed by atoms with E-state index in [1.807, 2.05) is 0 Å². The number of nitrogens with zero attached hydrogens (tertiary/aromatic N) is 2. The number of rotatable bonds is 6. The van der Waals surface area contributed by atoms with Gasteiger partial charge in [0, 0.05) is 11.9 Å². The molecule has 0 aliphatic heterocycles. The van der Waals surface area contributed by atoms with E-state index in [1.165, 1.54) is 31.4 Å². The zero-order valence-electron chi connectivity index (χ0n) is 13.5. The quantitative estimate of drug-likeness (QED) is 0.631. The molecule has 1 aromatic heterocycles. The fourth-order valence-corrected chi connectivity index (χ4v) is 4.33. The lowest BCUT2D eigenvalue weighted by Crippen LogP contribution is -2.28. The second-order valence-electron chi connectivity index (χ2n) is 6.32. The van der Waals surface area contributed by atoms with Crippen LogP contribution in [0.2, 0.25) is 5.02 Å². The standard InChI is InChI=1S/C17H28Cl2N2/c1-4-7-12-8-9-14(18)13(10-12)11-16-17(19)15(5-2)20-21(16)6-3/h12-14H,4-11H2,1-3H3. The summed E-state index contributed by atoms with van der Waals surface area (Å²) in [6.45, 7) is 7.40. The Kier molecular flexibility index (Phi) is 6.43. The predicted octanol–water partition coefficient (Wildman–Crippen LogP) is 5.49. The van der Waals surface area contributed by atoms with Gasteiger partial charge < -0.3 is 0 Å². The molecule has 2 nitrogen and oxygen atoms in total. The van der Waals surface area contributed by atoms with Crippen molar-refractivity contribution in [2.45, 2.75) is 77.6 Å². The molecule has 2 rings (SSSR count). The maximum absolute atomic E-state index is 6.61. The molecule has 0 aromatic carbocycles. The smallest absolute Gasteiger partial charge is 0.0849 e. The Morgan fingerprint density at radius 2 is 2.00 bits per heavy atom. The number of aryl methyl sites for hydroxylation is 2. The van der Waals surface area contributed by atoms with Crippen molar-refractivity contribution in [3.05, 3.63) is 16.4 Å². The molecule has 3 atom stereocenters. The molecule has 1 fully saturated rings. The average Bonchev–Trinajstić information content (AvgIpc) is 2.79. The van der Waals surface area contributed by atoms with Gasteiger partial charge in [-0.15, -0.1) is 11.6 Å².